The lowest BCUT2D eigenvalue weighted by atomic mass is 9.98. The van der Waals surface area contributed by atoms with Crippen LogP contribution < -0.4 is 10.1 Å². The van der Waals surface area contributed by atoms with Crippen molar-refractivity contribution in [1.82, 2.24) is 5.32 Å². The summed E-state index contributed by atoms with van der Waals surface area (Å²) in [5, 5.41) is 3.19. The average molecular weight is 269 g/mol. The molecule has 0 saturated carbocycles. The zero-order valence-corrected chi connectivity index (χ0v) is 12.7. The number of aryl methyl sites for hydroxylation is 1. The van der Waals surface area contributed by atoms with Crippen molar-refractivity contribution >= 4 is 0 Å². The molecule has 0 aromatic heterocycles. The van der Waals surface area contributed by atoms with Gasteiger partial charge >= 0.3 is 0 Å². The van der Waals surface area contributed by atoms with E-state index in [1.807, 2.05) is 33.0 Å². The molecule has 0 amide bonds. The number of benzene rings is 2. The maximum Gasteiger partial charge on any atom is 0.119 e. The summed E-state index contributed by atoms with van der Waals surface area (Å²) in [6, 6.07) is 14.9. The largest absolute Gasteiger partial charge is 0.491 e. The molecule has 1 N–H and O–H groups in total. The molecular weight excluding hydrogens is 246 g/mol. The van der Waals surface area contributed by atoms with Gasteiger partial charge in [-0.2, -0.15) is 0 Å². The van der Waals surface area contributed by atoms with Crippen LogP contribution in [0, 0.1) is 6.92 Å². The van der Waals surface area contributed by atoms with Crippen molar-refractivity contribution in [2.45, 2.75) is 33.4 Å². The third kappa shape index (κ3) is 3.61. The molecule has 2 nitrogen and oxygen atoms in total. The fraction of sp³-hybridized carbons (Fsp3) is 0.333. The first kappa shape index (κ1) is 14.6. The fourth-order valence-electron chi connectivity index (χ4n) is 2.28. The van der Waals surface area contributed by atoms with Gasteiger partial charge in [0, 0.05) is 6.54 Å². The molecule has 0 saturated heterocycles. The second-order valence-corrected chi connectivity index (χ2v) is 5.37. The lowest BCUT2D eigenvalue weighted by molar-refractivity contribution is 0.242. The van der Waals surface area contributed by atoms with Crippen molar-refractivity contribution in [3.8, 4) is 16.9 Å². The first-order valence-electron chi connectivity index (χ1n) is 7.11. The molecule has 0 radical (unpaired) electrons. The molecule has 0 aliphatic rings. The Bertz CT molecular complexity index is 558. The van der Waals surface area contributed by atoms with Crippen molar-refractivity contribution in [3.05, 3.63) is 53.6 Å². The van der Waals surface area contributed by atoms with E-state index in [1.54, 1.807) is 0 Å². The van der Waals surface area contributed by atoms with E-state index in [9.17, 15) is 0 Å². The summed E-state index contributed by atoms with van der Waals surface area (Å²) in [4.78, 5) is 0. The molecule has 0 heterocycles. The normalized spacial score (nSPS) is 10.8. The monoisotopic (exact) mass is 269 g/mol. The summed E-state index contributed by atoms with van der Waals surface area (Å²) in [7, 11) is 1.97. The van der Waals surface area contributed by atoms with Gasteiger partial charge in [0.25, 0.3) is 0 Å². The smallest absolute Gasteiger partial charge is 0.119 e. The van der Waals surface area contributed by atoms with Crippen LogP contribution in [0.15, 0.2) is 42.5 Å². The minimum absolute atomic E-state index is 0.210. The highest BCUT2D eigenvalue weighted by atomic mass is 16.5. The third-order valence-electron chi connectivity index (χ3n) is 3.22. The molecule has 0 bridgehead atoms. The van der Waals surface area contributed by atoms with E-state index < -0.39 is 0 Å². The Hall–Kier alpha value is -1.80. The molecule has 0 atom stereocenters. The third-order valence-corrected chi connectivity index (χ3v) is 3.22. The second kappa shape index (κ2) is 6.58. The molecule has 0 fully saturated rings. The van der Waals surface area contributed by atoms with Gasteiger partial charge in [-0.05, 0) is 68.3 Å². The SMILES string of the molecule is CNCc1ccc(C)c(-c2ccc(OC(C)C)cc2)c1. The Labute approximate surface area is 121 Å². The second-order valence-electron chi connectivity index (χ2n) is 5.37. The molecule has 0 spiro atoms. The fourth-order valence-corrected chi connectivity index (χ4v) is 2.28. The number of rotatable bonds is 5. The standard InChI is InChI=1S/C18H23NO/c1-13(2)20-17-9-7-16(8-10-17)18-11-15(12-19-4)6-5-14(18)3/h5-11,13,19H,12H2,1-4H3. The maximum atomic E-state index is 5.69. The Morgan fingerprint density at radius 3 is 2.35 bits per heavy atom. The van der Waals surface area contributed by atoms with E-state index in [2.05, 4.69) is 42.6 Å². The predicted octanol–water partition coefficient (Wildman–Crippen LogP) is 4.17. The number of ether oxygens (including phenoxy) is 1. The van der Waals surface area contributed by atoms with Crippen LogP contribution in [-0.4, -0.2) is 13.2 Å². The van der Waals surface area contributed by atoms with Gasteiger partial charge in [0.05, 0.1) is 6.10 Å². The van der Waals surface area contributed by atoms with Crippen molar-refractivity contribution in [2.24, 2.45) is 0 Å². The highest BCUT2D eigenvalue weighted by molar-refractivity contribution is 5.68. The number of nitrogens with one attached hydrogen (secondary N) is 1. The maximum absolute atomic E-state index is 5.69. The van der Waals surface area contributed by atoms with Crippen molar-refractivity contribution in [1.29, 1.82) is 0 Å². The average Bonchev–Trinajstić information content (AvgIpc) is 2.42. The van der Waals surface area contributed by atoms with Crippen LogP contribution in [0.4, 0.5) is 0 Å². The minimum Gasteiger partial charge on any atom is -0.491 e. The van der Waals surface area contributed by atoms with E-state index in [4.69, 9.17) is 4.74 Å². The van der Waals surface area contributed by atoms with Crippen LogP contribution in [0.5, 0.6) is 5.75 Å². The Kier molecular flexibility index (Phi) is 4.80. The number of hydrogen-bond acceptors (Lipinski definition) is 2. The van der Waals surface area contributed by atoms with Gasteiger partial charge < -0.3 is 10.1 Å². The van der Waals surface area contributed by atoms with Crippen LogP contribution in [-0.2, 0) is 6.54 Å². The summed E-state index contributed by atoms with van der Waals surface area (Å²) >= 11 is 0. The summed E-state index contributed by atoms with van der Waals surface area (Å²) in [6.45, 7) is 7.12. The molecular formula is C18H23NO. The highest BCUT2D eigenvalue weighted by Gasteiger charge is 2.04. The van der Waals surface area contributed by atoms with E-state index in [0.717, 1.165) is 12.3 Å². The molecule has 20 heavy (non-hydrogen) atoms. The van der Waals surface area contributed by atoms with E-state index in [0.29, 0.717) is 0 Å². The van der Waals surface area contributed by atoms with Crippen LogP contribution in [0.2, 0.25) is 0 Å². The lowest BCUT2D eigenvalue weighted by Crippen LogP contribution is -2.05. The summed E-state index contributed by atoms with van der Waals surface area (Å²) < 4.78 is 5.69. The Morgan fingerprint density at radius 2 is 1.75 bits per heavy atom. The van der Waals surface area contributed by atoms with E-state index in [1.165, 1.54) is 22.3 Å². The molecule has 0 aliphatic carbocycles. The van der Waals surface area contributed by atoms with Gasteiger partial charge in [-0.25, -0.2) is 0 Å². The minimum atomic E-state index is 0.210. The van der Waals surface area contributed by atoms with Crippen molar-refractivity contribution < 1.29 is 4.74 Å². The first-order chi connectivity index (χ1) is 9.60. The number of hydrogen-bond donors (Lipinski definition) is 1. The van der Waals surface area contributed by atoms with Gasteiger partial charge in [0.2, 0.25) is 0 Å². The van der Waals surface area contributed by atoms with Crippen LogP contribution >= 0.6 is 0 Å². The van der Waals surface area contributed by atoms with Crippen LogP contribution in [0.1, 0.15) is 25.0 Å². The van der Waals surface area contributed by atoms with Gasteiger partial charge in [-0.15, -0.1) is 0 Å². The quantitative estimate of drug-likeness (QED) is 0.879. The van der Waals surface area contributed by atoms with Gasteiger partial charge in [-0.3, -0.25) is 0 Å². The Morgan fingerprint density at radius 1 is 1.05 bits per heavy atom. The molecule has 2 heteroatoms. The van der Waals surface area contributed by atoms with Gasteiger partial charge in [-0.1, -0.05) is 24.3 Å². The molecule has 0 aliphatic heterocycles. The Balaban J connectivity index is 2.28. The lowest BCUT2D eigenvalue weighted by Gasteiger charge is -2.12. The van der Waals surface area contributed by atoms with Crippen molar-refractivity contribution in [2.75, 3.05) is 7.05 Å². The van der Waals surface area contributed by atoms with Crippen LogP contribution in [0.25, 0.3) is 11.1 Å². The predicted molar refractivity (Wildman–Crippen MR) is 85.1 cm³/mol. The summed E-state index contributed by atoms with van der Waals surface area (Å²) in [5.74, 6) is 0.924. The summed E-state index contributed by atoms with van der Waals surface area (Å²) in [5.41, 5.74) is 5.11. The molecule has 2 rings (SSSR count). The molecule has 106 valence electrons. The molecule has 0 unspecified atom stereocenters. The van der Waals surface area contributed by atoms with Gasteiger partial charge in [0.15, 0.2) is 0 Å². The van der Waals surface area contributed by atoms with Crippen molar-refractivity contribution in [3.63, 3.8) is 0 Å². The van der Waals surface area contributed by atoms with E-state index >= 15 is 0 Å². The topological polar surface area (TPSA) is 21.3 Å². The highest BCUT2D eigenvalue weighted by Crippen LogP contribution is 2.27. The first-order valence-corrected chi connectivity index (χ1v) is 7.11. The zero-order chi connectivity index (χ0) is 14.5. The van der Waals surface area contributed by atoms with Gasteiger partial charge in [0.1, 0.15) is 5.75 Å². The van der Waals surface area contributed by atoms with Crippen LogP contribution in [0.3, 0.4) is 0 Å². The summed E-state index contributed by atoms with van der Waals surface area (Å²) in [6.07, 6.45) is 0.210. The zero-order valence-electron chi connectivity index (χ0n) is 12.7. The molecule has 2 aromatic carbocycles. The molecule has 2 aromatic rings. The van der Waals surface area contributed by atoms with E-state index in [-0.39, 0.29) is 6.10 Å².